The van der Waals surface area contributed by atoms with Crippen LogP contribution in [0.4, 0.5) is 4.79 Å². The molecular weight excluding hydrogens is 266 g/mol. The first-order valence-corrected chi connectivity index (χ1v) is 7.87. The molecule has 2 saturated heterocycles. The normalized spacial score (nSPS) is 29.0. The molecule has 0 saturated carbocycles. The zero-order valence-corrected chi connectivity index (χ0v) is 13.6. The average Bonchev–Trinajstić information content (AvgIpc) is 2.41. The van der Waals surface area contributed by atoms with Gasteiger partial charge < -0.3 is 15.0 Å². The number of rotatable bonds is 0. The third-order valence-corrected chi connectivity index (χ3v) is 4.91. The van der Waals surface area contributed by atoms with Gasteiger partial charge in [0, 0.05) is 13.1 Å². The number of piperidine rings is 2. The van der Waals surface area contributed by atoms with Gasteiger partial charge in [0.05, 0.1) is 12.0 Å². The van der Waals surface area contributed by atoms with Gasteiger partial charge in [-0.2, -0.15) is 5.26 Å². The van der Waals surface area contributed by atoms with E-state index in [0.717, 1.165) is 25.9 Å². The van der Waals surface area contributed by atoms with Crippen molar-refractivity contribution in [3.8, 4) is 6.07 Å². The van der Waals surface area contributed by atoms with Gasteiger partial charge in [0.2, 0.25) is 0 Å². The van der Waals surface area contributed by atoms with E-state index in [9.17, 15) is 10.1 Å². The van der Waals surface area contributed by atoms with Crippen molar-refractivity contribution in [3.63, 3.8) is 0 Å². The number of carbonyl (C=O) groups is 1. The molecule has 0 bridgehead atoms. The first kappa shape index (κ1) is 16.1. The topological polar surface area (TPSA) is 65.4 Å². The van der Waals surface area contributed by atoms with Crippen molar-refractivity contribution in [1.82, 2.24) is 10.2 Å². The van der Waals surface area contributed by atoms with Gasteiger partial charge >= 0.3 is 6.09 Å². The third kappa shape index (κ3) is 3.32. The smallest absolute Gasteiger partial charge is 0.410 e. The molecule has 21 heavy (non-hydrogen) atoms. The minimum absolute atomic E-state index is 0.0541. The molecule has 1 N–H and O–H groups in total. The lowest BCUT2D eigenvalue weighted by molar-refractivity contribution is -0.0345. The van der Waals surface area contributed by atoms with Crippen molar-refractivity contribution >= 4 is 6.09 Å². The van der Waals surface area contributed by atoms with E-state index in [1.54, 1.807) is 4.90 Å². The van der Waals surface area contributed by atoms with E-state index in [0.29, 0.717) is 19.0 Å². The Hall–Kier alpha value is -1.28. The van der Waals surface area contributed by atoms with E-state index in [1.807, 2.05) is 20.8 Å². The molecule has 2 rings (SSSR count). The standard InChI is InChI=1S/C16H27N3O2/c1-12-10-19(14(20)21-15(2,3)4)11-13(9-17)16(12)5-7-18-8-6-16/h12-13,18H,5-8,10-11H2,1-4H3. The summed E-state index contributed by atoms with van der Waals surface area (Å²) in [5.74, 6) is 0.224. The highest BCUT2D eigenvalue weighted by Crippen LogP contribution is 2.47. The van der Waals surface area contributed by atoms with Crippen LogP contribution in [0.3, 0.4) is 0 Å². The fourth-order valence-electron chi connectivity index (χ4n) is 3.71. The van der Waals surface area contributed by atoms with Crippen molar-refractivity contribution in [1.29, 1.82) is 5.26 Å². The van der Waals surface area contributed by atoms with Crippen LogP contribution < -0.4 is 5.32 Å². The lowest BCUT2D eigenvalue weighted by Crippen LogP contribution is -2.57. The highest BCUT2D eigenvalue weighted by Gasteiger charge is 2.49. The van der Waals surface area contributed by atoms with E-state index in [2.05, 4.69) is 18.3 Å². The van der Waals surface area contributed by atoms with E-state index < -0.39 is 5.60 Å². The number of amides is 1. The monoisotopic (exact) mass is 293 g/mol. The number of hydrogen-bond acceptors (Lipinski definition) is 4. The van der Waals surface area contributed by atoms with Gasteiger partial charge in [0.15, 0.2) is 0 Å². The van der Waals surface area contributed by atoms with Crippen molar-refractivity contribution < 1.29 is 9.53 Å². The quantitative estimate of drug-likeness (QED) is 0.744. The predicted octanol–water partition coefficient (Wildman–Crippen LogP) is 2.38. The second-order valence-corrected chi connectivity index (χ2v) is 7.45. The largest absolute Gasteiger partial charge is 0.444 e. The molecule has 2 aliphatic rings. The molecule has 0 aromatic rings. The molecule has 2 heterocycles. The number of nitrogens with zero attached hydrogens (tertiary/aromatic N) is 2. The SMILES string of the molecule is CC1CN(C(=O)OC(C)(C)C)CC(C#N)C12CCNCC2. The lowest BCUT2D eigenvalue weighted by Gasteiger charge is -2.51. The Bertz CT molecular complexity index is 430. The molecule has 5 nitrogen and oxygen atoms in total. The number of nitriles is 1. The molecule has 0 aromatic heterocycles. The first-order chi connectivity index (χ1) is 9.78. The molecular formula is C16H27N3O2. The zero-order valence-electron chi connectivity index (χ0n) is 13.6. The molecule has 0 aliphatic carbocycles. The fourth-order valence-corrected chi connectivity index (χ4v) is 3.71. The highest BCUT2D eigenvalue weighted by atomic mass is 16.6. The Morgan fingerprint density at radius 2 is 1.95 bits per heavy atom. The van der Waals surface area contributed by atoms with Gasteiger partial charge in [-0.1, -0.05) is 6.92 Å². The van der Waals surface area contributed by atoms with Gasteiger partial charge in [0.1, 0.15) is 5.60 Å². The summed E-state index contributed by atoms with van der Waals surface area (Å²) < 4.78 is 5.46. The zero-order chi connectivity index (χ0) is 15.7. The fraction of sp³-hybridized carbons (Fsp3) is 0.875. The van der Waals surface area contributed by atoms with E-state index >= 15 is 0 Å². The Labute approximate surface area is 127 Å². The number of carbonyl (C=O) groups excluding carboxylic acids is 1. The summed E-state index contributed by atoms with van der Waals surface area (Å²) in [7, 11) is 0. The van der Waals surface area contributed by atoms with Crippen LogP contribution in [0.2, 0.25) is 0 Å². The Balaban J connectivity index is 2.12. The molecule has 0 aromatic carbocycles. The summed E-state index contributed by atoms with van der Waals surface area (Å²) in [5.41, 5.74) is -0.440. The van der Waals surface area contributed by atoms with E-state index in [4.69, 9.17) is 4.74 Å². The molecule has 118 valence electrons. The average molecular weight is 293 g/mol. The van der Waals surface area contributed by atoms with Gasteiger partial charge in [-0.15, -0.1) is 0 Å². The van der Waals surface area contributed by atoms with Crippen LogP contribution in [0.1, 0.15) is 40.5 Å². The maximum absolute atomic E-state index is 12.3. The number of ether oxygens (including phenoxy) is 1. The van der Waals surface area contributed by atoms with Crippen LogP contribution in [-0.2, 0) is 4.74 Å². The summed E-state index contributed by atoms with van der Waals surface area (Å²) >= 11 is 0. The highest BCUT2D eigenvalue weighted by molar-refractivity contribution is 5.68. The van der Waals surface area contributed by atoms with E-state index in [1.165, 1.54) is 0 Å². The van der Waals surface area contributed by atoms with Crippen LogP contribution in [0.15, 0.2) is 0 Å². The molecule has 2 aliphatic heterocycles. The summed E-state index contributed by atoms with van der Waals surface area (Å²) in [6.45, 7) is 10.9. The second kappa shape index (κ2) is 5.84. The minimum Gasteiger partial charge on any atom is -0.444 e. The van der Waals surface area contributed by atoms with Gasteiger partial charge in [-0.05, 0) is 58.0 Å². The van der Waals surface area contributed by atoms with Crippen molar-refractivity contribution in [2.45, 2.75) is 46.1 Å². The Morgan fingerprint density at radius 3 is 2.48 bits per heavy atom. The molecule has 2 fully saturated rings. The maximum atomic E-state index is 12.3. The van der Waals surface area contributed by atoms with Crippen LogP contribution in [-0.4, -0.2) is 42.8 Å². The molecule has 2 unspecified atom stereocenters. The number of likely N-dealkylation sites (tertiary alicyclic amines) is 1. The molecule has 1 spiro atoms. The Morgan fingerprint density at radius 1 is 1.33 bits per heavy atom. The Kier molecular flexibility index (Phi) is 4.48. The summed E-state index contributed by atoms with van der Waals surface area (Å²) in [5, 5.41) is 13.0. The predicted molar refractivity (Wildman–Crippen MR) is 80.6 cm³/mol. The summed E-state index contributed by atoms with van der Waals surface area (Å²) in [4.78, 5) is 14.0. The maximum Gasteiger partial charge on any atom is 0.410 e. The number of nitrogens with one attached hydrogen (secondary N) is 1. The molecule has 0 radical (unpaired) electrons. The summed E-state index contributed by atoms with van der Waals surface area (Å²) in [6, 6.07) is 2.47. The first-order valence-electron chi connectivity index (χ1n) is 7.87. The molecule has 2 atom stereocenters. The van der Waals surface area contributed by atoms with Gasteiger partial charge in [-0.3, -0.25) is 0 Å². The minimum atomic E-state index is -0.494. The molecule has 5 heteroatoms. The lowest BCUT2D eigenvalue weighted by atomic mass is 9.60. The molecule has 1 amide bonds. The second-order valence-electron chi connectivity index (χ2n) is 7.45. The third-order valence-electron chi connectivity index (χ3n) is 4.91. The van der Waals surface area contributed by atoms with Gasteiger partial charge in [0.25, 0.3) is 0 Å². The van der Waals surface area contributed by atoms with Crippen molar-refractivity contribution in [2.24, 2.45) is 17.3 Å². The van der Waals surface area contributed by atoms with Gasteiger partial charge in [-0.25, -0.2) is 4.79 Å². The van der Waals surface area contributed by atoms with Crippen LogP contribution >= 0.6 is 0 Å². The van der Waals surface area contributed by atoms with Crippen molar-refractivity contribution in [3.05, 3.63) is 0 Å². The van der Waals surface area contributed by atoms with E-state index in [-0.39, 0.29) is 17.4 Å². The van der Waals surface area contributed by atoms with Crippen LogP contribution in [0.5, 0.6) is 0 Å². The van der Waals surface area contributed by atoms with Crippen molar-refractivity contribution in [2.75, 3.05) is 26.2 Å². The van der Waals surface area contributed by atoms with Crippen LogP contribution in [0.25, 0.3) is 0 Å². The van der Waals surface area contributed by atoms with Crippen LogP contribution in [0, 0.1) is 28.6 Å². The summed E-state index contributed by atoms with van der Waals surface area (Å²) in [6.07, 6.45) is 1.75. The number of hydrogen-bond donors (Lipinski definition) is 1.